The predicted octanol–water partition coefficient (Wildman–Crippen LogP) is 5.23. The molecule has 1 aromatic carbocycles. The van der Waals surface area contributed by atoms with Crippen LogP contribution in [0.2, 0.25) is 0 Å². The maximum atomic E-state index is 14.0. The van der Waals surface area contributed by atoms with Crippen molar-refractivity contribution >= 4 is 26.7 Å². The Kier molecular flexibility index (Phi) is 4.83. The summed E-state index contributed by atoms with van der Waals surface area (Å²) < 4.78 is 40.5. The quantitative estimate of drug-likeness (QED) is 0.576. The van der Waals surface area contributed by atoms with E-state index >= 15 is 0 Å². The summed E-state index contributed by atoms with van der Waals surface area (Å²) in [6.07, 6.45) is 5.38. The molecule has 1 aliphatic carbocycles. The standard InChI is InChI=1S/C21H21F2N3O2S/c22-14-11-15(13-5-9-27-10-6-13)19(24-12-14)28-21(7-2-8-21)26-20-25-18-16(23)3-1-4-17(18)29-20/h1,3-4,11-13H,2,5-10H2,(H,25,26). The predicted molar refractivity (Wildman–Crippen MR) is 107 cm³/mol. The molecule has 3 heterocycles. The number of hydrogen-bond acceptors (Lipinski definition) is 6. The molecule has 0 atom stereocenters. The lowest BCUT2D eigenvalue weighted by Crippen LogP contribution is -2.50. The molecule has 29 heavy (non-hydrogen) atoms. The highest BCUT2D eigenvalue weighted by Gasteiger charge is 2.41. The van der Waals surface area contributed by atoms with Crippen molar-refractivity contribution in [1.82, 2.24) is 9.97 Å². The van der Waals surface area contributed by atoms with Gasteiger partial charge in [0.15, 0.2) is 10.9 Å². The smallest absolute Gasteiger partial charge is 0.219 e. The summed E-state index contributed by atoms with van der Waals surface area (Å²) in [5, 5.41) is 3.97. The third-order valence-electron chi connectivity index (χ3n) is 5.66. The molecule has 5 rings (SSSR count). The van der Waals surface area contributed by atoms with E-state index in [1.54, 1.807) is 6.07 Å². The molecule has 1 saturated heterocycles. The zero-order chi connectivity index (χ0) is 19.8. The first-order valence-corrected chi connectivity index (χ1v) is 10.7. The van der Waals surface area contributed by atoms with Crippen LogP contribution in [0.1, 0.15) is 43.6 Å². The van der Waals surface area contributed by atoms with E-state index < -0.39 is 5.72 Å². The Bertz CT molecular complexity index is 1030. The average molecular weight is 417 g/mol. The number of rotatable bonds is 5. The van der Waals surface area contributed by atoms with Gasteiger partial charge >= 0.3 is 0 Å². The normalized spacial score (nSPS) is 19.1. The van der Waals surface area contributed by atoms with Crippen molar-refractivity contribution in [2.75, 3.05) is 18.5 Å². The fraction of sp³-hybridized carbons (Fsp3) is 0.429. The number of fused-ring (bicyclic) bond motifs is 1. The molecule has 1 aliphatic heterocycles. The number of anilines is 1. The number of para-hydroxylation sites is 1. The van der Waals surface area contributed by atoms with Crippen LogP contribution in [0.15, 0.2) is 30.5 Å². The molecule has 5 nitrogen and oxygen atoms in total. The van der Waals surface area contributed by atoms with E-state index in [0.29, 0.717) is 29.7 Å². The molecule has 0 unspecified atom stereocenters. The lowest BCUT2D eigenvalue weighted by Gasteiger charge is -2.42. The van der Waals surface area contributed by atoms with Crippen LogP contribution >= 0.6 is 11.3 Å². The van der Waals surface area contributed by atoms with Crippen molar-refractivity contribution < 1.29 is 18.3 Å². The van der Waals surface area contributed by atoms with Crippen LogP contribution in [0.3, 0.4) is 0 Å². The molecule has 2 fully saturated rings. The van der Waals surface area contributed by atoms with E-state index in [2.05, 4.69) is 15.3 Å². The van der Waals surface area contributed by atoms with Gasteiger partial charge in [0.1, 0.15) is 17.2 Å². The molecule has 1 N–H and O–H groups in total. The van der Waals surface area contributed by atoms with Gasteiger partial charge in [0, 0.05) is 31.6 Å². The largest absolute Gasteiger partial charge is 0.451 e. The fourth-order valence-corrected chi connectivity index (χ4v) is 4.90. The molecule has 0 bridgehead atoms. The highest BCUT2D eigenvalue weighted by atomic mass is 32.1. The van der Waals surface area contributed by atoms with Crippen LogP contribution < -0.4 is 10.1 Å². The summed E-state index contributed by atoms with van der Waals surface area (Å²) in [7, 11) is 0. The fourth-order valence-electron chi connectivity index (χ4n) is 3.93. The molecule has 8 heteroatoms. The summed E-state index contributed by atoms with van der Waals surface area (Å²) in [5.41, 5.74) is 0.490. The van der Waals surface area contributed by atoms with Gasteiger partial charge in [-0.2, -0.15) is 0 Å². The summed E-state index contributed by atoms with van der Waals surface area (Å²) in [4.78, 5) is 8.67. The van der Waals surface area contributed by atoms with Crippen molar-refractivity contribution in [3.8, 4) is 5.88 Å². The highest BCUT2D eigenvalue weighted by Crippen LogP contribution is 2.42. The van der Waals surface area contributed by atoms with Crippen molar-refractivity contribution in [2.24, 2.45) is 0 Å². The average Bonchev–Trinajstić information content (AvgIpc) is 3.12. The van der Waals surface area contributed by atoms with Crippen molar-refractivity contribution in [2.45, 2.75) is 43.7 Å². The summed E-state index contributed by atoms with van der Waals surface area (Å²) in [5.74, 6) is -0.0816. The number of ether oxygens (including phenoxy) is 2. The van der Waals surface area contributed by atoms with Crippen LogP contribution in [0.25, 0.3) is 10.2 Å². The van der Waals surface area contributed by atoms with Gasteiger partial charge in [-0.1, -0.05) is 17.4 Å². The topological polar surface area (TPSA) is 56.3 Å². The van der Waals surface area contributed by atoms with Crippen LogP contribution in [-0.2, 0) is 4.74 Å². The molecule has 2 aliphatic rings. The van der Waals surface area contributed by atoms with E-state index in [4.69, 9.17) is 9.47 Å². The van der Waals surface area contributed by atoms with E-state index in [9.17, 15) is 8.78 Å². The number of pyridine rings is 1. The lowest BCUT2D eigenvalue weighted by molar-refractivity contribution is 0.0138. The van der Waals surface area contributed by atoms with Crippen molar-refractivity contribution in [1.29, 1.82) is 0 Å². The number of nitrogens with one attached hydrogen (secondary N) is 1. The van der Waals surface area contributed by atoms with Gasteiger partial charge in [-0.25, -0.2) is 18.7 Å². The number of aromatic nitrogens is 2. The van der Waals surface area contributed by atoms with Gasteiger partial charge in [0.05, 0.1) is 10.9 Å². The first-order chi connectivity index (χ1) is 14.1. The molecule has 0 amide bonds. The number of hydrogen-bond donors (Lipinski definition) is 1. The zero-order valence-corrected chi connectivity index (χ0v) is 16.6. The third kappa shape index (κ3) is 3.67. The molecule has 0 spiro atoms. The van der Waals surface area contributed by atoms with E-state index in [0.717, 1.165) is 42.4 Å². The second-order valence-electron chi connectivity index (χ2n) is 7.62. The Labute approximate surface area is 171 Å². The Hall–Kier alpha value is -2.32. The van der Waals surface area contributed by atoms with Gasteiger partial charge in [0.25, 0.3) is 0 Å². The molecular weight excluding hydrogens is 396 g/mol. The Morgan fingerprint density at radius 3 is 2.76 bits per heavy atom. The Balaban J connectivity index is 1.42. The van der Waals surface area contributed by atoms with Crippen LogP contribution in [0.4, 0.5) is 13.9 Å². The maximum absolute atomic E-state index is 14.0. The number of thiazole rings is 1. The molecule has 2 aromatic heterocycles. The number of nitrogens with zero attached hydrogens (tertiary/aromatic N) is 2. The van der Waals surface area contributed by atoms with Crippen molar-refractivity contribution in [3.05, 3.63) is 47.7 Å². The van der Waals surface area contributed by atoms with Gasteiger partial charge in [-0.05, 0) is 43.4 Å². The SMILES string of the molecule is Fc1cnc(OC2(Nc3nc4c(F)cccc4s3)CCC2)c(C2CCOCC2)c1. The summed E-state index contributed by atoms with van der Waals surface area (Å²) in [6, 6.07) is 6.46. The minimum absolute atomic E-state index is 0.163. The van der Waals surface area contributed by atoms with E-state index in [1.807, 2.05) is 6.07 Å². The van der Waals surface area contributed by atoms with Crippen LogP contribution in [-0.4, -0.2) is 28.9 Å². The third-order valence-corrected chi connectivity index (χ3v) is 6.60. The first kappa shape index (κ1) is 18.7. The second kappa shape index (κ2) is 7.50. The molecular formula is C21H21F2N3O2S. The Morgan fingerprint density at radius 2 is 2.03 bits per heavy atom. The summed E-state index contributed by atoms with van der Waals surface area (Å²) >= 11 is 1.39. The van der Waals surface area contributed by atoms with Gasteiger partial charge in [0.2, 0.25) is 5.88 Å². The van der Waals surface area contributed by atoms with E-state index in [-0.39, 0.29) is 17.6 Å². The second-order valence-corrected chi connectivity index (χ2v) is 8.65. The van der Waals surface area contributed by atoms with Crippen LogP contribution in [0, 0.1) is 11.6 Å². The maximum Gasteiger partial charge on any atom is 0.219 e. The molecule has 152 valence electrons. The number of halogens is 2. The van der Waals surface area contributed by atoms with E-state index in [1.165, 1.54) is 29.7 Å². The van der Waals surface area contributed by atoms with Gasteiger partial charge in [-0.3, -0.25) is 0 Å². The Morgan fingerprint density at radius 1 is 1.21 bits per heavy atom. The summed E-state index contributed by atoms with van der Waals surface area (Å²) in [6.45, 7) is 1.31. The highest BCUT2D eigenvalue weighted by molar-refractivity contribution is 7.22. The first-order valence-electron chi connectivity index (χ1n) is 9.87. The monoisotopic (exact) mass is 417 g/mol. The minimum atomic E-state index is -0.658. The molecule has 3 aromatic rings. The lowest BCUT2D eigenvalue weighted by atomic mass is 9.87. The minimum Gasteiger partial charge on any atom is -0.451 e. The number of benzene rings is 1. The van der Waals surface area contributed by atoms with Crippen LogP contribution in [0.5, 0.6) is 5.88 Å². The molecule has 0 radical (unpaired) electrons. The van der Waals surface area contributed by atoms with Crippen molar-refractivity contribution in [3.63, 3.8) is 0 Å². The molecule has 1 saturated carbocycles. The van der Waals surface area contributed by atoms with Gasteiger partial charge < -0.3 is 14.8 Å². The van der Waals surface area contributed by atoms with Gasteiger partial charge in [-0.15, -0.1) is 0 Å². The zero-order valence-electron chi connectivity index (χ0n) is 15.8.